The number of thioether (sulfide) groups is 1. The number of methoxy groups -OCH3 is 1. The molecule has 0 heterocycles. The van der Waals surface area contributed by atoms with Gasteiger partial charge in [-0.1, -0.05) is 6.92 Å². The van der Waals surface area contributed by atoms with Crippen molar-refractivity contribution in [2.24, 2.45) is 0 Å². The van der Waals surface area contributed by atoms with Gasteiger partial charge in [0.05, 0.1) is 13.5 Å². The number of hydrogen-bond donors (Lipinski definition) is 0. The predicted octanol–water partition coefficient (Wildman–Crippen LogP) is 1.30. The summed E-state index contributed by atoms with van der Waals surface area (Å²) in [5, 5.41) is 0.373. The van der Waals surface area contributed by atoms with Gasteiger partial charge < -0.3 is 4.74 Å². The smallest absolute Gasteiger partial charge is 0.306 e. The van der Waals surface area contributed by atoms with E-state index in [1.54, 1.807) is 11.8 Å². The van der Waals surface area contributed by atoms with E-state index in [1.807, 2.05) is 13.2 Å². The zero-order valence-electron chi connectivity index (χ0n) is 6.01. The lowest BCUT2D eigenvalue weighted by molar-refractivity contribution is -0.140. The molecule has 3 heteroatoms. The summed E-state index contributed by atoms with van der Waals surface area (Å²) in [4.78, 5) is 10.5. The molecule has 0 rings (SSSR count). The highest BCUT2D eigenvalue weighted by Crippen LogP contribution is 2.09. The maximum atomic E-state index is 10.5. The van der Waals surface area contributed by atoms with Gasteiger partial charge in [0.1, 0.15) is 0 Å². The van der Waals surface area contributed by atoms with Crippen LogP contribution in [0.25, 0.3) is 0 Å². The molecule has 0 spiro atoms. The molecule has 0 radical (unpaired) electrons. The van der Waals surface area contributed by atoms with E-state index in [9.17, 15) is 4.79 Å². The second-order valence-electron chi connectivity index (χ2n) is 1.83. The summed E-state index contributed by atoms with van der Waals surface area (Å²) in [5.41, 5.74) is 0. The van der Waals surface area contributed by atoms with E-state index in [1.165, 1.54) is 7.11 Å². The summed E-state index contributed by atoms with van der Waals surface area (Å²) >= 11 is 1.67. The fourth-order valence-electron chi connectivity index (χ4n) is 0.401. The summed E-state index contributed by atoms with van der Waals surface area (Å²) in [5.74, 6) is -0.128. The third-order valence-electron chi connectivity index (χ3n) is 1.08. The molecule has 0 amide bonds. The molecule has 1 atom stereocenters. The topological polar surface area (TPSA) is 26.3 Å². The first-order chi connectivity index (χ1) is 4.20. The monoisotopic (exact) mass is 148 g/mol. The molecule has 0 aliphatic heterocycles. The number of carbonyl (C=O) groups excluding carboxylic acids is 1. The minimum absolute atomic E-state index is 0.128. The van der Waals surface area contributed by atoms with Gasteiger partial charge in [0.2, 0.25) is 0 Å². The van der Waals surface area contributed by atoms with Crippen LogP contribution >= 0.6 is 11.8 Å². The van der Waals surface area contributed by atoms with E-state index in [0.29, 0.717) is 11.7 Å². The molecule has 0 aromatic heterocycles. The summed E-state index contributed by atoms with van der Waals surface area (Å²) in [6.07, 6.45) is 2.49. The largest absolute Gasteiger partial charge is 0.469 e. The van der Waals surface area contributed by atoms with Crippen molar-refractivity contribution in [1.29, 1.82) is 0 Å². The average molecular weight is 148 g/mol. The zero-order chi connectivity index (χ0) is 7.28. The molecule has 2 nitrogen and oxygen atoms in total. The SMILES string of the molecule is COC(=O)C[C@H](C)SC. The third kappa shape index (κ3) is 4.33. The van der Waals surface area contributed by atoms with Crippen molar-refractivity contribution in [3.63, 3.8) is 0 Å². The number of hydrogen-bond acceptors (Lipinski definition) is 3. The number of esters is 1. The standard InChI is InChI=1S/C6H12O2S/c1-5(9-3)4-6(7)8-2/h5H,4H2,1-3H3/t5-/m0/s1. The summed E-state index contributed by atoms with van der Waals surface area (Å²) < 4.78 is 4.47. The highest BCUT2D eigenvalue weighted by atomic mass is 32.2. The van der Waals surface area contributed by atoms with Crippen LogP contribution in [0.4, 0.5) is 0 Å². The van der Waals surface area contributed by atoms with Crippen LogP contribution in [0.2, 0.25) is 0 Å². The third-order valence-corrected chi connectivity index (χ3v) is 2.06. The highest BCUT2D eigenvalue weighted by molar-refractivity contribution is 7.99. The fourth-order valence-corrected chi connectivity index (χ4v) is 0.704. The average Bonchev–Trinajstić information content (AvgIpc) is 1.87. The summed E-state index contributed by atoms with van der Waals surface area (Å²) in [6.45, 7) is 2.00. The van der Waals surface area contributed by atoms with Crippen molar-refractivity contribution in [2.45, 2.75) is 18.6 Å². The van der Waals surface area contributed by atoms with Crippen LogP contribution in [0.1, 0.15) is 13.3 Å². The lowest BCUT2D eigenvalue weighted by Gasteiger charge is -2.03. The Morgan fingerprint density at radius 3 is 2.67 bits per heavy atom. The predicted molar refractivity (Wildman–Crippen MR) is 39.6 cm³/mol. The van der Waals surface area contributed by atoms with Crippen LogP contribution < -0.4 is 0 Å². The van der Waals surface area contributed by atoms with Crippen molar-refractivity contribution in [3.8, 4) is 0 Å². The van der Waals surface area contributed by atoms with Gasteiger partial charge in [0.25, 0.3) is 0 Å². The van der Waals surface area contributed by atoms with Crippen molar-refractivity contribution in [1.82, 2.24) is 0 Å². The second-order valence-corrected chi connectivity index (χ2v) is 3.10. The Kier molecular flexibility index (Phi) is 4.58. The van der Waals surface area contributed by atoms with E-state index in [0.717, 1.165) is 0 Å². The molecule has 0 saturated carbocycles. The Hall–Kier alpha value is -0.180. The van der Waals surface area contributed by atoms with Gasteiger partial charge in [-0.3, -0.25) is 4.79 Å². The van der Waals surface area contributed by atoms with Crippen LogP contribution in [0.3, 0.4) is 0 Å². The van der Waals surface area contributed by atoms with Gasteiger partial charge in [-0.2, -0.15) is 11.8 Å². The zero-order valence-corrected chi connectivity index (χ0v) is 6.83. The first-order valence-electron chi connectivity index (χ1n) is 2.80. The Morgan fingerprint density at radius 1 is 1.78 bits per heavy atom. The molecule has 0 aromatic carbocycles. The first kappa shape index (κ1) is 8.82. The molecule has 0 fully saturated rings. The van der Waals surface area contributed by atoms with Gasteiger partial charge in [0, 0.05) is 5.25 Å². The molecule has 0 bridgehead atoms. The quantitative estimate of drug-likeness (QED) is 0.564. The van der Waals surface area contributed by atoms with Gasteiger partial charge in [-0.15, -0.1) is 0 Å². The van der Waals surface area contributed by atoms with E-state index in [2.05, 4.69) is 4.74 Å². The number of carbonyl (C=O) groups is 1. The fraction of sp³-hybridized carbons (Fsp3) is 0.833. The van der Waals surface area contributed by atoms with E-state index in [4.69, 9.17) is 0 Å². The van der Waals surface area contributed by atoms with Gasteiger partial charge >= 0.3 is 5.97 Å². The van der Waals surface area contributed by atoms with Crippen molar-refractivity contribution in [3.05, 3.63) is 0 Å². The van der Waals surface area contributed by atoms with Crippen molar-refractivity contribution < 1.29 is 9.53 Å². The minimum atomic E-state index is -0.128. The van der Waals surface area contributed by atoms with E-state index < -0.39 is 0 Å². The highest BCUT2D eigenvalue weighted by Gasteiger charge is 2.05. The number of ether oxygens (including phenoxy) is 1. The van der Waals surface area contributed by atoms with Gasteiger partial charge in [-0.05, 0) is 6.26 Å². The normalized spacial score (nSPS) is 12.8. The maximum absolute atomic E-state index is 10.5. The lowest BCUT2D eigenvalue weighted by atomic mass is 10.3. The molecular formula is C6H12O2S. The van der Waals surface area contributed by atoms with Crippen LogP contribution in [0.15, 0.2) is 0 Å². The van der Waals surface area contributed by atoms with Crippen molar-refractivity contribution >= 4 is 17.7 Å². The van der Waals surface area contributed by atoms with Gasteiger partial charge in [0.15, 0.2) is 0 Å². The molecule has 0 aliphatic rings. The first-order valence-corrected chi connectivity index (χ1v) is 4.09. The Labute approximate surface area is 60.0 Å². The molecule has 0 saturated heterocycles. The molecule has 0 N–H and O–H groups in total. The van der Waals surface area contributed by atoms with Crippen LogP contribution in [-0.2, 0) is 9.53 Å². The molecule has 54 valence electrons. The Bertz CT molecular complexity index is 93.1. The Balaban J connectivity index is 3.34. The maximum Gasteiger partial charge on any atom is 0.306 e. The Morgan fingerprint density at radius 2 is 2.33 bits per heavy atom. The molecule has 9 heavy (non-hydrogen) atoms. The molecule has 0 unspecified atom stereocenters. The van der Waals surface area contributed by atoms with Gasteiger partial charge in [-0.25, -0.2) is 0 Å². The number of rotatable bonds is 3. The summed E-state index contributed by atoms with van der Waals surface area (Å²) in [6, 6.07) is 0. The van der Waals surface area contributed by atoms with Crippen molar-refractivity contribution in [2.75, 3.05) is 13.4 Å². The van der Waals surface area contributed by atoms with Crippen LogP contribution in [0, 0.1) is 0 Å². The van der Waals surface area contributed by atoms with E-state index >= 15 is 0 Å². The summed E-state index contributed by atoms with van der Waals surface area (Å²) in [7, 11) is 1.41. The minimum Gasteiger partial charge on any atom is -0.469 e. The lowest BCUT2D eigenvalue weighted by Crippen LogP contribution is -2.07. The second kappa shape index (κ2) is 4.68. The molecular weight excluding hydrogens is 136 g/mol. The van der Waals surface area contributed by atoms with Crippen LogP contribution in [-0.4, -0.2) is 24.6 Å². The molecule has 0 aliphatic carbocycles. The molecule has 0 aromatic rings. The van der Waals surface area contributed by atoms with Crippen LogP contribution in [0.5, 0.6) is 0 Å². The van der Waals surface area contributed by atoms with E-state index in [-0.39, 0.29) is 5.97 Å².